The molecule has 3 rings (SSSR count). The van der Waals surface area contributed by atoms with Crippen molar-refractivity contribution in [2.24, 2.45) is 17.8 Å². The van der Waals surface area contributed by atoms with E-state index < -0.39 is 11.9 Å². The predicted octanol–water partition coefficient (Wildman–Crippen LogP) is 0.681. The Hall–Kier alpha value is -2.04. The molecule has 1 saturated heterocycles. The van der Waals surface area contributed by atoms with Gasteiger partial charge in [0.2, 0.25) is 5.91 Å². The molecule has 18 heavy (non-hydrogen) atoms. The van der Waals surface area contributed by atoms with Crippen LogP contribution in [0.2, 0.25) is 0 Å². The Labute approximate surface area is 104 Å². The Balaban J connectivity index is 1.70. The van der Waals surface area contributed by atoms with E-state index in [9.17, 15) is 14.7 Å². The molecule has 2 aliphatic rings. The van der Waals surface area contributed by atoms with Gasteiger partial charge in [-0.3, -0.25) is 9.59 Å². The summed E-state index contributed by atoms with van der Waals surface area (Å²) in [5.41, 5.74) is 0.694. The summed E-state index contributed by atoms with van der Waals surface area (Å²) in [5, 5.41) is 18.5. The van der Waals surface area contributed by atoms with Gasteiger partial charge in [-0.2, -0.15) is 0 Å². The van der Waals surface area contributed by atoms with E-state index in [0.29, 0.717) is 18.7 Å². The number of fused-ring (bicyclic) bond motifs is 1. The van der Waals surface area contributed by atoms with Crippen molar-refractivity contribution in [2.45, 2.75) is 6.54 Å². The standard InChI is InChI=1S/C13H13NO4/c15-9-4-2-1-3-7(9)5-14-6-8-10(12(14)16)11(8)13(17)18/h1-4,8,10-11,15H,5-6H2,(H,17,18). The lowest BCUT2D eigenvalue weighted by Gasteiger charge is -2.19. The number of hydrogen-bond donors (Lipinski definition) is 2. The van der Waals surface area contributed by atoms with Gasteiger partial charge >= 0.3 is 5.97 Å². The fourth-order valence-electron chi connectivity index (χ4n) is 2.82. The van der Waals surface area contributed by atoms with Gasteiger partial charge in [0.1, 0.15) is 5.75 Å². The smallest absolute Gasteiger partial charge is 0.307 e. The Morgan fingerprint density at radius 1 is 1.39 bits per heavy atom. The lowest BCUT2D eigenvalue weighted by Crippen LogP contribution is -2.30. The van der Waals surface area contributed by atoms with Crippen LogP contribution in [0.5, 0.6) is 5.75 Å². The highest BCUT2D eigenvalue weighted by Crippen LogP contribution is 2.52. The van der Waals surface area contributed by atoms with Crippen molar-refractivity contribution < 1.29 is 19.8 Å². The molecule has 0 aromatic heterocycles. The number of carbonyl (C=O) groups is 2. The van der Waals surface area contributed by atoms with Crippen molar-refractivity contribution in [3.63, 3.8) is 0 Å². The zero-order valence-electron chi connectivity index (χ0n) is 9.61. The number of piperidine rings is 1. The highest BCUT2D eigenvalue weighted by Gasteiger charge is 2.65. The summed E-state index contributed by atoms with van der Waals surface area (Å²) in [4.78, 5) is 24.4. The van der Waals surface area contributed by atoms with Crippen LogP contribution in [0.15, 0.2) is 24.3 Å². The molecule has 5 heteroatoms. The first kappa shape index (κ1) is 11.1. The van der Waals surface area contributed by atoms with Gasteiger partial charge in [0.05, 0.1) is 11.8 Å². The molecule has 1 saturated carbocycles. The van der Waals surface area contributed by atoms with Gasteiger partial charge < -0.3 is 15.1 Å². The topological polar surface area (TPSA) is 77.8 Å². The fraction of sp³-hybridized carbons (Fsp3) is 0.385. The van der Waals surface area contributed by atoms with Crippen LogP contribution >= 0.6 is 0 Å². The van der Waals surface area contributed by atoms with Crippen LogP contribution in [-0.2, 0) is 16.1 Å². The third-order valence-electron chi connectivity index (χ3n) is 3.83. The first-order valence-corrected chi connectivity index (χ1v) is 5.88. The summed E-state index contributed by atoms with van der Waals surface area (Å²) in [6.45, 7) is 0.833. The number of likely N-dealkylation sites (tertiary alicyclic amines) is 1. The Bertz CT molecular complexity index is 527. The van der Waals surface area contributed by atoms with E-state index in [0.717, 1.165) is 0 Å². The molecule has 1 aliphatic heterocycles. The normalized spacial score (nSPS) is 29.2. The van der Waals surface area contributed by atoms with E-state index in [-0.39, 0.29) is 23.5 Å². The van der Waals surface area contributed by atoms with Crippen LogP contribution in [0, 0.1) is 17.8 Å². The molecule has 1 aromatic rings. The number of carboxylic acid groups (broad SMARTS) is 1. The van der Waals surface area contributed by atoms with Gasteiger partial charge in [-0.1, -0.05) is 18.2 Å². The van der Waals surface area contributed by atoms with E-state index in [1.54, 1.807) is 29.2 Å². The number of rotatable bonds is 3. The lowest BCUT2D eigenvalue weighted by molar-refractivity contribution is -0.143. The van der Waals surface area contributed by atoms with Crippen LogP contribution in [-0.4, -0.2) is 33.5 Å². The monoisotopic (exact) mass is 247 g/mol. The number of phenolic OH excluding ortho intramolecular Hbond substituents is 1. The molecular weight excluding hydrogens is 234 g/mol. The molecule has 94 valence electrons. The Morgan fingerprint density at radius 2 is 2.11 bits per heavy atom. The minimum Gasteiger partial charge on any atom is -0.508 e. The minimum absolute atomic E-state index is 0.0409. The second-order valence-corrected chi connectivity index (χ2v) is 4.90. The Morgan fingerprint density at radius 3 is 2.67 bits per heavy atom. The third-order valence-corrected chi connectivity index (χ3v) is 3.83. The third kappa shape index (κ3) is 1.54. The summed E-state index contributed by atoms with van der Waals surface area (Å²) in [7, 11) is 0. The summed E-state index contributed by atoms with van der Waals surface area (Å²) < 4.78 is 0. The molecule has 0 radical (unpaired) electrons. The molecule has 5 nitrogen and oxygen atoms in total. The molecular formula is C13H13NO4. The maximum atomic E-state index is 12.0. The van der Waals surface area contributed by atoms with Gasteiger partial charge in [-0.25, -0.2) is 0 Å². The number of carbonyl (C=O) groups excluding carboxylic acids is 1. The Kier molecular flexibility index (Phi) is 2.29. The zero-order valence-corrected chi connectivity index (χ0v) is 9.61. The van der Waals surface area contributed by atoms with E-state index in [1.807, 2.05) is 0 Å². The molecule has 3 atom stereocenters. The van der Waals surface area contributed by atoms with Crippen molar-refractivity contribution in [3.05, 3.63) is 29.8 Å². The van der Waals surface area contributed by atoms with Gasteiger partial charge in [0.15, 0.2) is 0 Å². The number of para-hydroxylation sites is 1. The number of hydrogen-bond acceptors (Lipinski definition) is 3. The maximum Gasteiger partial charge on any atom is 0.307 e. The number of aromatic hydroxyl groups is 1. The van der Waals surface area contributed by atoms with Crippen LogP contribution in [0.25, 0.3) is 0 Å². The average molecular weight is 247 g/mol. The molecule has 2 N–H and O–H groups in total. The number of nitrogens with zero attached hydrogens (tertiary/aromatic N) is 1. The highest BCUT2D eigenvalue weighted by atomic mass is 16.4. The number of amides is 1. The summed E-state index contributed by atoms with van der Waals surface area (Å²) >= 11 is 0. The number of phenols is 1. The minimum atomic E-state index is -0.874. The predicted molar refractivity (Wildman–Crippen MR) is 61.6 cm³/mol. The number of carboxylic acids is 1. The summed E-state index contributed by atoms with van der Waals surface area (Å²) in [6, 6.07) is 6.87. The number of aliphatic carboxylic acids is 1. The summed E-state index contributed by atoms with van der Waals surface area (Å²) in [6.07, 6.45) is 0. The van der Waals surface area contributed by atoms with Gasteiger partial charge in [0.25, 0.3) is 0 Å². The molecule has 0 bridgehead atoms. The quantitative estimate of drug-likeness (QED) is 0.823. The lowest BCUT2D eigenvalue weighted by atomic mass is 10.1. The van der Waals surface area contributed by atoms with Crippen LogP contribution in [0.1, 0.15) is 5.56 Å². The SMILES string of the molecule is O=C(O)C1C2CN(Cc3ccccc3O)C(=O)C21. The second-order valence-electron chi connectivity index (χ2n) is 4.90. The molecule has 3 unspecified atom stereocenters. The van der Waals surface area contributed by atoms with Crippen LogP contribution in [0.4, 0.5) is 0 Å². The van der Waals surface area contributed by atoms with Crippen LogP contribution in [0.3, 0.4) is 0 Å². The summed E-state index contributed by atoms with van der Waals surface area (Å²) in [5.74, 6) is -1.68. The van der Waals surface area contributed by atoms with Gasteiger partial charge in [0, 0.05) is 24.6 Å². The van der Waals surface area contributed by atoms with Crippen LogP contribution < -0.4 is 0 Å². The maximum absolute atomic E-state index is 12.0. The highest BCUT2D eigenvalue weighted by molar-refractivity contribution is 5.93. The molecule has 0 spiro atoms. The molecule has 1 aliphatic carbocycles. The van der Waals surface area contributed by atoms with Crippen molar-refractivity contribution in [1.29, 1.82) is 0 Å². The largest absolute Gasteiger partial charge is 0.508 e. The first-order valence-electron chi connectivity index (χ1n) is 5.88. The van der Waals surface area contributed by atoms with Crippen molar-refractivity contribution in [3.8, 4) is 5.75 Å². The molecule has 1 aromatic carbocycles. The molecule has 2 fully saturated rings. The van der Waals surface area contributed by atoms with Crippen molar-refractivity contribution >= 4 is 11.9 Å². The van der Waals surface area contributed by atoms with Gasteiger partial charge in [-0.15, -0.1) is 0 Å². The fourth-order valence-corrected chi connectivity index (χ4v) is 2.82. The van der Waals surface area contributed by atoms with E-state index >= 15 is 0 Å². The zero-order chi connectivity index (χ0) is 12.9. The molecule has 1 heterocycles. The van der Waals surface area contributed by atoms with E-state index in [1.165, 1.54) is 0 Å². The number of benzene rings is 1. The average Bonchev–Trinajstić information content (AvgIpc) is 2.96. The van der Waals surface area contributed by atoms with Crippen molar-refractivity contribution in [2.75, 3.05) is 6.54 Å². The van der Waals surface area contributed by atoms with E-state index in [4.69, 9.17) is 5.11 Å². The first-order chi connectivity index (χ1) is 8.59. The van der Waals surface area contributed by atoms with E-state index in [2.05, 4.69) is 0 Å². The second kappa shape index (κ2) is 3.73. The van der Waals surface area contributed by atoms with Crippen molar-refractivity contribution in [1.82, 2.24) is 4.90 Å². The van der Waals surface area contributed by atoms with Gasteiger partial charge in [-0.05, 0) is 6.07 Å². The molecule has 1 amide bonds.